The molecule has 0 aromatic carbocycles. The number of aryl methyl sites for hydroxylation is 1. The maximum atomic E-state index is 12.5. The van der Waals surface area contributed by atoms with Gasteiger partial charge in [-0.3, -0.25) is 0 Å². The molecule has 2 heterocycles. The van der Waals surface area contributed by atoms with E-state index in [0.717, 1.165) is 0 Å². The minimum Gasteiger partial charge on any atom is -0.464 e. The van der Waals surface area contributed by atoms with Gasteiger partial charge >= 0.3 is 0 Å². The molecule has 2 N–H and O–H groups in total. The molecule has 0 aliphatic carbocycles. The van der Waals surface area contributed by atoms with Crippen LogP contribution in [0.3, 0.4) is 0 Å². The Labute approximate surface area is 108 Å². The molecule has 2 unspecified atom stereocenters. The molecule has 6 heteroatoms. The summed E-state index contributed by atoms with van der Waals surface area (Å²) < 4.78 is 31.9. The molecular formula is C12H20N2O3S. The van der Waals surface area contributed by atoms with Gasteiger partial charge in [-0.1, -0.05) is 13.8 Å². The van der Waals surface area contributed by atoms with Gasteiger partial charge in [0, 0.05) is 19.2 Å². The van der Waals surface area contributed by atoms with Crippen LogP contribution in [0.1, 0.15) is 25.4 Å². The Kier molecular flexibility index (Phi) is 3.53. The summed E-state index contributed by atoms with van der Waals surface area (Å²) in [5.74, 6) is 1.70. The summed E-state index contributed by atoms with van der Waals surface area (Å²) in [7, 11) is -3.44. The van der Waals surface area contributed by atoms with E-state index in [0.29, 0.717) is 36.4 Å². The van der Waals surface area contributed by atoms with Crippen LogP contribution in [0.15, 0.2) is 15.4 Å². The third-order valence-electron chi connectivity index (χ3n) is 3.70. The highest BCUT2D eigenvalue weighted by Gasteiger charge is 2.36. The smallest absolute Gasteiger partial charge is 0.246 e. The molecule has 0 bridgehead atoms. The maximum absolute atomic E-state index is 12.5. The number of sulfonamides is 1. The van der Waals surface area contributed by atoms with Crippen molar-refractivity contribution < 1.29 is 12.8 Å². The van der Waals surface area contributed by atoms with Crippen LogP contribution in [-0.4, -0.2) is 25.8 Å². The lowest BCUT2D eigenvalue weighted by atomic mass is 10.0. The molecule has 102 valence electrons. The van der Waals surface area contributed by atoms with Gasteiger partial charge in [0.15, 0.2) is 0 Å². The SMILES string of the molecule is Cc1oc(CN)cc1S(=O)(=O)N1CC(C)C(C)C1. The number of nitrogens with two attached hydrogens (primary N) is 1. The largest absolute Gasteiger partial charge is 0.464 e. The summed E-state index contributed by atoms with van der Waals surface area (Å²) in [5, 5.41) is 0. The molecule has 1 aliphatic heterocycles. The minimum atomic E-state index is -3.44. The standard InChI is InChI=1S/C12H20N2O3S/c1-8-6-14(7-9(8)2)18(15,16)12-4-11(5-13)17-10(12)3/h4,8-9H,5-7,13H2,1-3H3. The van der Waals surface area contributed by atoms with Crippen LogP contribution < -0.4 is 5.73 Å². The van der Waals surface area contributed by atoms with Crippen LogP contribution in [0.25, 0.3) is 0 Å². The predicted molar refractivity (Wildman–Crippen MR) is 68.4 cm³/mol. The number of rotatable bonds is 3. The van der Waals surface area contributed by atoms with E-state index in [2.05, 4.69) is 13.8 Å². The molecular weight excluding hydrogens is 252 g/mol. The monoisotopic (exact) mass is 272 g/mol. The first kappa shape index (κ1) is 13.6. The molecule has 0 radical (unpaired) electrons. The second-order valence-corrected chi connectivity index (χ2v) is 7.02. The fraction of sp³-hybridized carbons (Fsp3) is 0.667. The van der Waals surface area contributed by atoms with Gasteiger partial charge in [-0.05, 0) is 18.8 Å². The quantitative estimate of drug-likeness (QED) is 0.900. The first-order chi connectivity index (χ1) is 8.36. The van der Waals surface area contributed by atoms with E-state index in [1.54, 1.807) is 17.3 Å². The number of hydrogen-bond donors (Lipinski definition) is 1. The van der Waals surface area contributed by atoms with Gasteiger partial charge < -0.3 is 10.2 Å². The minimum absolute atomic E-state index is 0.211. The zero-order chi connectivity index (χ0) is 13.5. The number of furan rings is 1. The summed E-state index contributed by atoms with van der Waals surface area (Å²) in [4.78, 5) is 0.254. The summed E-state index contributed by atoms with van der Waals surface area (Å²) >= 11 is 0. The highest BCUT2D eigenvalue weighted by molar-refractivity contribution is 7.89. The lowest BCUT2D eigenvalue weighted by Crippen LogP contribution is -2.29. The Balaban J connectivity index is 2.34. The molecule has 18 heavy (non-hydrogen) atoms. The Morgan fingerprint density at radius 1 is 1.39 bits per heavy atom. The molecule has 1 aromatic heterocycles. The lowest BCUT2D eigenvalue weighted by Gasteiger charge is -2.15. The predicted octanol–water partition coefficient (Wildman–Crippen LogP) is 1.32. The Bertz CT molecular complexity index is 526. The van der Waals surface area contributed by atoms with Crippen LogP contribution in [0.5, 0.6) is 0 Å². The summed E-state index contributed by atoms with van der Waals surface area (Å²) in [5.41, 5.74) is 5.47. The molecule has 0 amide bonds. The van der Waals surface area contributed by atoms with Crippen LogP contribution >= 0.6 is 0 Å². The summed E-state index contributed by atoms with van der Waals surface area (Å²) in [6.45, 7) is 7.18. The van der Waals surface area contributed by atoms with Crippen molar-refractivity contribution in [2.75, 3.05) is 13.1 Å². The third kappa shape index (κ3) is 2.20. The van der Waals surface area contributed by atoms with E-state index in [-0.39, 0.29) is 11.4 Å². The van der Waals surface area contributed by atoms with Crippen molar-refractivity contribution >= 4 is 10.0 Å². The van der Waals surface area contributed by atoms with E-state index in [1.807, 2.05) is 0 Å². The van der Waals surface area contributed by atoms with Gasteiger partial charge in [0.25, 0.3) is 0 Å². The molecule has 5 nitrogen and oxygen atoms in total. The Hall–Kier alpha value is -0.850. The Morgan fingerprint density at radius 2 is 1.94 bits per heavy atom. The van der Waals surface area contributed by atoms with Crippen molar-refractivity contribution in [3.05, 3.63) is 17.6 Å². The average Bonchev–Trinajstić information content (AvgIpc) is 2.84. The second-order valence-electron chi connectivity index (χ2n) is 5.11. The normalized spacial score (nSPS) is 25.8. The zero-order valence-electron chi connectivity index (χ0n) is 11.0. The molecule has 1 fully saturated rings. The molecule has 2 rings (SSSR count). The van der Waals surface area contributed by atoms with E-state index >= 15 is 0 Å². The molecule has 1 aliphatic rings. The summed E-state index contributed by atoms with van der Waals surface area (Å²) in [6, 6.07) is 1.54. The van der Waals surface area contributed by atoms with Crippen molar-refractivity contribution in [3.63, 3.8) is 0 Å². The van der Waals surface area contributed by atoms with Crippen molar-refractivity contribution in [1.82, 2.24) is 4.31 Å². The van der Waals surface area contributed by atoms with Gasteiger partial charge in [-0.15, -0.1) is 0 Å². The zero-order valence-corrected chi connectivity index (χ0v) is 11.8. The van der Waals surface area contributed by atoms with Crippen LogP contribution in [0, 0.1) is 18.8 Å². The van der Waals surface area contributed by atoms with E-state index < -0.39 is 10.0 Å². The molecule has 0 spiro atoms. The molecule has 2 atom stereocenters. The number of nitrogens with zero attached hydrogens (tertiary/aromatic N) is 1. The molecule has 0 saturated carbocycles. The maximum Gasteiger partial charge on any atom is 0.246 e. The van der Waals surface area contributed by atoms with Crippen molar-refractivity contribution in [2.45, 2.75) is 32.2 Å². The van der Waals surface area contributed by atoms with Crippen LogP contribution in [0.2, 0.25) is 0 Å². The summed E-state index contributed by atoms with van der Waals surface area (Å²) in [6.07, 6.45) is 0. The molecule has 1 saturated heterocycles. The van der Waals surface area contributed by atoms with Gasteiger partial charge in [-0.2, -0.15) is 4.31 Å². The van der Waals surface area contributed by atoms with Gasteiger partial charge in [0.1, 0.15) is 16.4 Å². The number of hydrogen-bond acceptors (Lipinski definition) is 4. The van der Waals surface area contributed by atoms with E-state index in [9.17, 15) is 8.42 Å². The van der Waals surface area contributed by atoms with Gasteiger partial charge in [0.05, 0.1) is 6.54 Å². The van der Waals surface area contributed by atoms with Crippen LogP contribution in [-0.2, 0) is 16.6 Å². The lowest BCUT2D eigenvalue weighted by molar-refractivity contribution is 0.454. The highest BCUT2D eigenvalue weighted by atomic mass is 32.2. The van der Waals surface area contributed by atoms with E-state index in [4.69, 9.17) is 10.2 Å². The second kappa shape index (κ2) is 4.68. The fourth-order valence-electron chi connectivity index (χ4n) is 2.29. The molecule has 1 aromatic rings. The van der Waals surface area contributed by atoms with Gasteiger partial charge in [-0.25, -0.2) is 8.42 Å². The van der Waals surface area contributed by atoms with Crippen molar-refractivity contribution in [2.24, 2.45) is 17.6 Å². The highest BCUT2D eigenvalue weighted by Crippen LogP contribution is 2.30. The van der Waals surface area contributed by atoms with Crippen LogP contribution in [0.4, 0.5) is 0 Å². The van der Waals surface area contributed by atoms with E-state index in [1.165, 1.54) is 0 Å². The topological polar surface area (TPSA) is 76.5 Å². The first-order valence-electron chi connectivity index (χ1n) is 6.15. The third-order valence-corrected chi connectivity index (χ3v) is 5.64. The van der Waals surface area contributed by atoms with Crippen molar-refractivity contribution in [3.8, 4) is 0 Å². The fourth-order valence-corrected chi connectivity index (χ4v) is 4.12. The van der Waals surface area contributed by atoms with Crippen molar-refractivity contribution in [1.29, 1.82) is 0 Å². The first-order valence-corrected chi connectivity index (χ1v) is 7.59. The average molecular weight is 272 g/mol. The Morgan fingerprint density at radius 3 is 2.39 bits per heavy atom. The van der Waals surface area contributed by atoms with Gasteiger partial charge in [0.2, 0.25) is 10.0 Å².